The van der Waals surface area contributed by atoms with Gasteiger partial charge in [0, 0.05) is 6.20 Å². The van der Waals surface area contributed by atoms with Crippen LogP contribution in [0.3, 0.4) is 0 Å². The van der Waals surface area contributed by atoms with E-state index in [1.165, 1.54) is 25.3 Å². The van der Waals surface area contributed by atoms with Gasteiger partial charge in [-0.1, -0.05) is 0 Å². The highest BCUT2D eigenvalue weighted by Gasteiger charge is 2.53. The second kappa shape index (κ2) is 7.90. The predicted molar refractivity (Wildman–Crippen MR) is 113 cm³/mol. The topological polar surface area (TPSA) is 151 Å². The van der Waals surface area contributed by atoms with Crippen LogP contribution in [0.5, 0.6) is 0 Å². The zero-order valence-electron chi connectivity index (χ0n) is 17.5. The molecule has 2 aromatic heterocycles. The van der Waals surface area contributed by atoms with E-state index in [-0.39, 0.29) is 22.8 Å². The molecule has 1 aliphatic rings. The zero-order chi connectivity index (χ0) is 23.9. The predicted octanol–water partition coefficient (Wildman–Crippen LogP) is 1.78. The molecule has 168 valence electrons. The highest BCUT2D eigenvalue weighted by Crippen LogP contribution is 2.37. The van der Waals surface area contributed by atoms with Crippen LogP contribution < -0.4 is 11.1 Å². The second-order valence-corrected chi connectivity index (χ2v) is 10.3. The van der Waals surface area contributed by atoms with Crippen LogP contribution in [-0.2, 0) is 15.4 Å². The van der Waals surface area contributed by atoms with Crippen molar-refractivity contribution < 1.29 is 22.0 Å². The van der Waals surface area contributed by atoms with Gasteiger partial charge in [-0.2, -0.15) is 5.26 Å². The zero-order valence-corrected chi connectivity index (χ0v) is 18.3. The Hall–Kier alpha value is -3.46. The van der Waals surface area contributed by atoms with E-state index < -0.39 is 50.1 Å². The number of amides is 1. The number of hydrogen-bond donors (Lipinski definition) is 2. The molecule has 3 heterocycles. The number of aliphatic imine (C=N–C) groups is 1. The Morgan fingerprint density at radius 1 is 1.38 bits per heavy atom. The van der Waals surface area contributed by atoms with Crippen molar-refractivity contribution in [1.82, 2.24) is 9.97 Å². The van der Waals surface area contributed by atoms with Gasteiger partial charge >= 0.3 is 0 Å². The number of nitrogens with one attached hydrogen (secondary N) is 1. The Morgan fingerprint density at radius 3 is 2.62 bits per heavy atom. The molecular weight excluding hydrogens is 442 g/mol. The molecule has 0 spiro atoms. The molecule has 9 nitrogen and oxygen atoms in total. The number of carbonyl (C=O) groups excluding carboxylic acids is 1. The van der Waals surface area contributed by atoms with Gasteiger partial charge in [-0.05, 0) is 44.5 Å². The summed E-state index contributed by atoms with van der Waals surface area (Å²) in [5, 5.41) is 11.4. The van der Waals surface area contributed by atoms with Crippen molar-refractivity contribution in [3.63, 3.8) is 0 Å². The van der Waals surface area contributed by atoms with E-state index in [1.807, 2.05) is 6.07 Å². The van der Waals surface area contributed by atoms with Gasteiger partial charge in [0.2, 0.25) is 0 Å². The van der Waals surface area contributed by atoms with Crippen molar-refractivity contribution in [3.05, 3.63) is 52.7 Å². The first-order valence-electron chi connectivity index (χ1n) is 9.36. The summed E-state index contributed by atoms with van der Waals surface area (Å²) in [7, 11) is -4.15. The van der Waals surface area contributed by atoms with Gasteiger partial charge in [0.25, 0.3) is 5.91 Å². The standard InChI is InChI=1S/C20H20F2N6O3S/c1-11-6-12(7-23)8-25-15(11)17(29)27-14-5-4-13(22)16(26-14)19(2)10-32(30,31)20(3,9-21)18(24)28-19/h4-6,8H,9-10H2,1-3H3,(H2,24,28)(H,26,27,29)/t19-,20-/m0/s1. The maximum Gasteiger partial charge on any atom is 0.275 e. The highest BCUT2D eigenvalue weighted by atomic mass is 32.2. The minimum atomic E-state index is -4.15. The molecule has 3 rings (SSSR count). The molecule has 2 aromatic rings. The maximum absolute atomic E-state index is 14.7. The van der Waals surface area contributed by atoms with Crippen molar-refractivity contribution in [3.8, 4) is 6.07 Å². The average molecular weight is 462 g/mol. The fourth-order valence-electron chi connectivity index (χ4n) is 3.32. The molecule has 0 saturated carbocycles. The monoisotopic (exact) mass is 462 g/mol. The summed E-state index contributed by atoms with van der Waals surface area (Å²) in [5.74, 6) is -2.82. The van der Waals surface area contributed by atoms with E-state index in [4.69, 9.17) is 11.0 Å². The number of hydrogen-bond acceptors (Lipinski definition) is 8. The molecule has 32 heavy (non-hydrogen) atoms. The molecule has 12 heteroatoms. The molecule has 3 N–H and O–H groups in total. The Balaban J connectivity index is 2.00. The number of nitrogens with zero attached hydrogens (tertiary/aromatic N) is 4. The lowest BCUT2D eigenvalue weighted by Crippen LogP contribution is -2.58. The quantitative estimate of drug-likeness (QED) is 0.703. The van der Waals surface area contributed by atoms with Gasteiger partial charge in [0.1, 0.15) is 47.1 Å². The average Bonchev–Trinajstić information content (AvgIpc) is 2.72. The van der Waals surface area contributed by atoms with Crippen LogP contribution in [0.2, 0.25) is 0 Å². The number of pyridine rings is 2. The molecule has 0 bridgehead atoms. The number of aryl methyl sites for hydroxylation is 1. The fourth-order valence-corrected chi connectivity index (χ4v) is 5.11. The lowest BCUT2D eigenvalue weighted by molar-refractivity contribution is 0.102. The van der Waals surface area contributed by atoms with E-state index in [0.29, 0.717) is 5.56 Å². The van der Waals surface area contributed by atoms with Crippen LogP contribution in [-0.4, -0.2) is 47.3 Å². The molecule has 0 fully saturated rings. The number of alkyl halides is 1. The molecule has 0 unspecified atom stereocenters. The molecule has 2 atom stereocenters. The first-order valence-corrected chi connectivity index (χ1v) is 11.0. The van der Waals surface area contributed by atoms with Gasteiger partial charge in [-0.15, -0.1) is 0 Å². The molecule has 0 saturated heterocycles. The molecule has 0 radical (unpaired) electrons. The maximum atomic E-state index is 14.7. The van der Waals surface area contributed by atoms with E-state index in [0.717, 1.165) is 13.0 Å². The Kier molecular flexibility index (Phi) is 5.73. The summed E-state index contributed by atoms with van der Waals surface area (Å²) in [6, 6.07) is 5.59. The van der Waals surface area contributed by atoms with E-state index >= 15 is 0 Å². The number of aromatic nitrogens is 2. The number of rotatable bonds is 4. The number of nitriles is 1. The van der Waals surface area contributed by atoms with Gasteiger partial charge in [-0.3, -0.25) is 9.79 Å². The number of anilines is 1. The van der Waals surface area contributed by atoms with Crippen molar-refractivity contribution in [2.75, 3.05) is 17.7 Å². The smallest absolute Gasteiger partial charge is 0.275 e. The molecule has 0 aromatic carbocycles. The molecule has 0 aliphatic carbocycles. The number of amidine groups is 1. The third-order valence-electron chi connectivity index (χ3n) is 5.34. The Bertz CT molecular complexity index is 1290. The molecule has 1 aliphatic heterocycles. The third kappa shape index (κ3) is 3.80. The van der Waals surface area contributed by atoms with Crippen LogP contribution in [0.4, 0.5) is 14.6 Å². The first-order chi connectivity index (χ1) is 14.9. The number of sulfone groups is 1. The van der Waals surface area contributed by atoms with Crippen molar-refractivity contribution >= 4 is 27.4 Å². The van der Waals surface area contributed by atoms with E-state index in [9.17, 15) is 22.0 Å². The van der Waals surface area contributed by atoms with E-state index in [2.05, 4.69) is 20.3 Å². The van der Waals surface area contributed by atoms with Crippen molar-refractivity contribution in [1.29, 1.82) is 5.26 Å². The van der Waals surface area contributed by atoms with Crippen molar-refractivity contribution in [2.24, 2.45) is 10.7 Å². The lowest BCUT2D eigenvalue weighted by atomic mass is 9.98. The molecule has 1 amide bonds. The summed E-state index contributed by atoms with van der Waals surface area (Å²) < 4.78 is 51.6. The van der Waals surface area contributed by atoms with Crippen LogP contribution in [0.25, 0.3) is 0 Å². The Morgan fingerprint density at radius 2 is 2.06 bits per heavy atom. The summed E-state index contributed by atoms with van der Waals surface area (Å²) in [4.78, 5) is 24.7. The normalized spacial score (nSPS) is 24.3. The fraction of sp³-hybridized carbons (Fsp3) is 0.350. The van der Waals surface area contributed by atoms with Crippen LogP contribution in [0.1, 0.15) is 41.2 Å². The van der Waals surface area contributed by atoms with E-state index in [1.54, 1.807) is 6.92 Å². The van der Waals surface area contributed by atoms with Gasteiger partial charge in [0.05, 0.1) is 11.3 Å². The largest absolute Gasteiger partial charge is 0.386 e. The molecular formula is C20H20F2N6O3S. The van der Waals surface area contributed by atoms with Crippen LogP contribution >= 0.6 is 0 Å². The van der Waals surface area contributed by atoms with Crippen molar-refractivity contribution in [2.45, 2.75) is 31.1 Å². The number of halogens is 2. The SMILES string of the molecule is Cc1cc(C#N)cnc1C(=O)Nc1ccc(F)c([C@]2(C)CS(=O)(=O)[C@@](C)(CF)C(N)=N2)n1. The minimum absolute atomic E-state index is 0.0316. The summed E-state index contributed by atoms with van der Waals surface area (Å²) in [5.41, 5.74) is 4.43. The lowest BCUT2D eigenvalue weighted by Gasteiger charge is -2.37. The third-order valence-corrected chi connectivity index (χ3v) is 7.97. The summed E-state index contributed by atoms with van der Waals surface area (Å²) in [6.07, 6.45) is 1.23. The first kappa shape index (κ1) is 23.2. The summed E-state index contributed by atoms with van der Waals surface area (Å²) >= 11 is 0. The Labute approximate surface area is 183 Å². The van der Waals surface area contributed by atoms with Gasteiger partial charge < -0.3 is 11.1 Å². The second-order valence-electron chi connectivity index (χ2n) is 7.88. The number of carbonyl (C=O) groups is 1. The van der Waals surface area contributed by atoms with Crippen LogP contribution in [0, 0.1) is 24.1 Å². The van der Waals surface area contributed by atoms with Crippen LogP contribution in [0.15, 0.2) is 29.4 Å². The number of nitrogens with two attached hydrogens (primary N) is 1. The van der Waals surface area contributed by atoms with Gasteiger partial charge in [0.15, 0.2) is 14.6 Å². The summed E-state index contributed by atoms with van der Waals surface area (Å²) in [6.45, 7) is 2.76. The van der Waals surface area contributed by atoms with Gasteiger partial charge in [-0.25, -0.2) is 27.2 Å². The minimum Gasteiger partial charge on any atom is -0.386 e. The highest BCUT2D eigenvalue weighted by molar-refractivity contribution is 7.93.